The zero-order valence-corrected chi connectivity index (χ0v) is 8.93. The Balaban J connectivity index is 2.89. The molecule has 0 bridgehead atoms. The van der Waals surface area contributed by atoms with Crippen molar-refractivity contribution in [3.63, 3.8) is 0 Å². The summed E-state index contributed by atoms with van der Waals surface area (Å²) >= 11 is 9.25. The van der Waals surface area contributed by atoms with Gasteiger partial charge in [-0.25, -0.2) is 4.98 Å². The molecule has 0 amide bonds. The van der Waals surface area contributed by atoms with Crippen molar-refractivity contribution in [2.45, 2.75) is 0 Å². The van der Waals surface area contributed by atoms with Gasteiger partial charge in [0.15, 0.2) is 0 Å². The lowest BCUT2D eigenvalue weighted by Crippen LogP contribution is -1.87. The molecule has 13 heavy (non-hydrogen) atoms. The van der Waals surface area contributed by atoms with Gasteiger partial charge in [-0.2, -0.15) is 0 Å². The monoisotopic (exact) mass is 256 g/mol. The molecule has 0 fully saturated rings. The van der Waals surface area contributed by atoms with Crippen LogP contribution in [0.5, 0.6) is 0 Å². The molecular formula is C9H6BrClN2. The highest BCUT2D eigenvalue weighted by Gasteiger charge is 2.02. The Hall–Kier alpha value is -0.800. The van der Waals surface area contributed by atoms with E-state index in [0.717, 1.165) is 15.2 Å². The molecular weight excluding hydrogens is 251 g/mol. The molecule has 66 valence electrons. The van der Waals surface area contributed by atoms with Crippen LogP contribution in [0.3, 0.4) is 0 Å². The van der Waals surface area contributed by atoms with Crippen molar-refractivity contribution in [2.24, 2.45) is 0 Å². The number of halogens is 2. The van der Waals surface area contributed by atoms with Gasteiger partial charge in [-0.05, 0) is 39.5 Å². The maximum atomic E-state index is 5.90. The van der Waals surface area contributed by atoms with Gasteiger partial charge in [-0.1, -0.05) is 11.6 Å². The first kappa shape index (κ1) is 8.78. The van der Waals surface area contributed by atoms with E-state index < -0.39 is 0 Å². The van der Waals surface area contributed by atoms with Crippen LogP contribution in [-0.2, 0) is 0 Å². The standard InChI is InChI=1S/C9H6BrClN2/c10-7-3-5-1-2-13-9(11)6(5)4-8(7)12/h1-4H,12H2. The fraction of sp³-hybridized carbons (Fsp3) is 0. The predicted octanol–water partition coefficient (Wildman–Crippen LogP) is 3.23. The third kappa shape index (κ3) is 1.49. The van der Waals surface area contributed by atoms with Crippen LogP contribution >= 0.6 is 27.5 Å². The molecule has 1 heterocycles. The van der Waals surface area contributed by atoms with Crippen molar-refractivity contribution in [2.75, 3.05) is 5.73 Å². The third-order valence-corrected chi connectivity index (χ3v) is 2.82. The zero-order valence-electron chi connectivity index (χ0n) is 6.59. The van der Waals surface area contributed by atoms with Crippen LogP contribution in [0.15, 0.2) is 28.9 Å². The Morgan fingerprint density at radius 3 is 2.92 bits per heavy atom. The van der Waals surface area contributed by atoms with Gasteiger partial charge >= 0.3 is 0 Å². The van der Waals surface area contributed by atoms with E-state index in [1.165, 1.54) is 0 Å². The maximum Gasteiger partial charge on any atom is 0.136 e. The van der Waals surface area contributed by atoms with E-state index in [9.17, 15) is 0 Å². The van der Waals surface area contributed by atoms with Crippen molar-refractivity contribution >= 4 is 44.0 Å². The summed E-state index contributed by atoms with van der Waals surface area (Å²) in [6.45, 7) is 0. The summed E-state index contributed by atoms with van der Waals surface area (Å²) in [5.74, 6) is 0. The molecule has 0 atom stereocenters. The number of anilines is 1. The molecule has 2 N–H and O–H groups in total. The highest BCUT2D eigenvalue weighted by molar-refractivity contribution is 9.10. The number of aromatic nitrogens is 1. The Bertz CT molecular complexity index is 470. The van der Waals surface area contributed by atoms with Crippen LogP contribution in [0.1, 0.15) is 0 Å². The quantitative estimate of drug-likeness (QED) is 0.581. The van der Waals surface area contributed by atoms with Gasteiger partial charge in [0.25, 0.3) is 0 Å². The Labute approximate surface area is 88.8 Å². The average molecular weight is 258 g/mol. The lowest BCUT2D eigenvalue weighted by Gasteiger charge is -2.02. The SMILES string of the molecule is Nc1cc2c(Cl)nccc2cc1Br. The number of fused-ring (bicyclic) bond motifs is 1. The van der Waals surface area contributed by atoms with E-state index in [4.69, 9.17) is 17.3 Å². The molecule has 0 saturated carbocycles. The summed E-state index contributed by atoms with van der Waals surface area (Å²) in [7, 11) is 0. The van der Waals surface area contributed by atoms with Crippen LogP contribution in [-0.4, -0.2) is 4.98 Å². The smallest absolute Gasteiger partial charge is 0.136 e. The van der Waals surface area contributed by atoms with Crippen molar-refractivity contribution < 1.29 is 0 Å². The normalized spacial score (nSPS) is 10.6. The Morgan fingerprint density at radius 2 is 2.15 bits per heavy atom. The summed E-state index contributed by atoms with van der Waals surface area (Å²) in [4.78, 5) is 3.97. The molecule has 0 spiro atoms. The summed E-state index contributed by atoms with van der Waals surface area (Å²) in [5.41, 5.74) is 6.39. The van der Waals surface area contributed by atoms with Gasteiger partial charge in [0.05, 0.1) is 0 Å². The second-order valence-corrected chi connectivity index (χ2v) is 3.91. The molecule has 0 radical (unpaired) electrons. The first-order chi connectivity index (χ1) is 6.18. The minimum atomic E-state index is 0.483. The molecule has 0 aliphatic rings. The fourth-order valence-electron chi connectivity index (χ4n) is 1.17. The summed E-state index contributed by atoms with van der Waals surface area (Å²) in [6, 6.07) is 5.64. The average Bonchev–Trinajstić information content (AvgIpc) is 2.09. The highest BCUT2D eigenvalue weighted by Crippen LogP contribution is 2.29. The van der Waals surface area contributed by atoms with Crippen molar-refractivity contribution in [1.82, 2.24) is 4.98 Å². The molecule has 4 heteroatoms. The molecule has 0 aliphatic carbocycles. The number of nitrogen functional groups attached to an aromatic ring is 1. The number of nitrogens with two attached hydrogens (primary N) is 1. The van der Waals surface area contributed by atoms with Gasteiger partial charge in [0, 0.05) is 21.7 Å². The predicted molar refractivity (Wildman–Crippen MR) is 58.9 cm³/mol. The Morgan fingerprint density at radius 1 is 1.38 bits per heavy atom. The first-order valence-corrected chi connectivity index (χ1v) is 4.85. The minimum Gasteiger partial charge on any atom is -0.398 e. The van der Waals surface area contributed by atoms with Gasteiger partial charge in [0.2, 0.25) is 0 Å². The van der Waals surface area contributed by atoms with Gasteiger partial charge in [-0.15, -0.1) is 0 Å². The second-order valence-electron chi connectivity index (χ2n) is 2.70. The summed E-state index contributed by atoms with van der Waals surface area (Å²) in [6.07, 6.45) is 1.67. The van der Waals surface area contributed by atoms with Crippen LogP contribution in [0.25, 0.3) is 10.8 Å². The lowest BCUT2D eigenvalue weighted by molar-refractivity contribution is 1.36. The number of hydrogen-bond donors (Lipinski definition) is 1. The fourth-order valence-corrected chi connectivity index (χ4v) is 1.76. The molecule has 0 aliphatic heterocycles. The number of hydrogen-bond acceptors (Lipinski definition) is 2. The molecule has 1 aromatic carbocycles. The van der Waals surface area contributed by atoms with Gasteiger partial charge in [-0.3, -0.25) is 0 Å². The van der Waals surface area contributed by atoms with Crippen molar-refractivity contribution in [3.8, 4) is 0 Å². The largest absolute Gasteiger partial charge is 0.398 e. The lowest BCUT2D eigenvalue weighted by atomic mass is 10.1. The van der Waals surface area contributed by atoms with Crippen LogP contribution in [0.2, 0.25) is 5.15 Å². The molecule has 1 aromatic heterocycles. The first-order valence-electron chi connectivity index (χ1n) is 3.68. The number of pyridine rings is 1. The molecule has 2 rings (SSSR count). The summed E-state index contributed by atoms with van der Waals surface area (Å²) < 4.78 is 0.877. The zero-order chi connectivity index (χ0) is 9.42. The Kier molecular flexibility index (Phi) is 2.14. The highest BCUT2D eigenvalue weighted by atomic mass is 79.9. The second kappa shape index (κ2) is 3.16. The van der Waals surface area contributed by atoms with Gasteiger partial charge < -0.3 is 5.73 Å². The summed E-state index contributed by atoms with van der Waals surface area (Å²) in [5, 5.41) is 2.39. The number of benzene rings is 1. The van der Waals surface area contributed by atoms with E-state index in [0.29, 0.717) is 10.8 Å². The third-order valence-electron chi connectivity index (χ3n) is 1.83. The van der Waals surface area contributed by atoms with E-state index >= 15 is 0 Å². The van der Waals surface area contributed by atoms with Crippen LogP contribution < -0.4 is 5.73 Å². The molecule has 2 nitrogen and oxygen atoms in total. The van der Waals surface area contributed by atoms with Crippen LogP contribution in [0.4, 0.5) is 5.69 Å². The molecule has 0 saturated heterocycles. The number of nitrogens with zero attached hydrogens (tertiary/aromatic N) is 1. The molecule has 0 unspecified atom stereocenters. The van der Waals surface area contributed by atoms with E-state index in [2.05, 4.69) is 20.9 Å². The van der Waals surface area contributed by atoms with Crippen molar-refractivity contribution in [1.29, 1.82) is 0 Å². The topological polar surface area (TPSA) is 38.9 Å². The minimum absolute atomic E-state index is 0.483. The van der Waals surface area contributed by atoms with Crippen LogP contribution in [0, 0.1) is 0 Å². The van der Waals surface area contributed by atoms with E-state index in [-0.39, 0.29) is 0 Å². The van der Waals surface area contributed by atoms with E-state index in [1.54, 1.807) is 6.20 Å². The van der Waals surface area contributed by atoms with Crippen molar-refractivity contribution in [3.05, 3.63) is 34.0 Å². The maximum absolute atomic E-state index is 5.90. The number of rotatable bonds is 0. The van der Waals surface area contributed by atoms with E-state index in [1.807, 2.05) is 18.2 Å². The molecule has 2 aromatic rings. The van der Waals surface area contributed by atoms with Gasteiger partial charge in [0.1, 0.15) is 5.15 Å².